The van der Waals surface area contributed by atoms with Gasteiger partial charge in [0.1, 0.15) is 5.82 Å². The highest BCUT2D eigenvalue weighted by molar-refractivity contribution is 6.03. The third-order valence-corrected chi connectivity index (χ3v) is 2.81. The number of methoxy groups -OCH3 is 1. The maximum atomic E-state index is 12.9. The van der Waals surface area contributed by atoms with Crippen molar-refractivity contribution in [1.29, 1.82) is 0 Å². The Morgan fingerprint density at radius 3 is 3.00 bits per heavy atom. The van der Waals surface area contributed by atoms with Gasteiger partial charge in [-0.25, -0.2) is 4.39 Å². The Morgan fingerprint density at radius 2 is 2.31 bits per heavy atom. The van der Waals surface area contributed by atoms with Crippen molar-refractivity contribution in [1.82, 2.24) is 0 Å². The van der Waals surface area contributed by atoms with Crippen molar-refractivity contribution < 1.29 is 18.7 Å². The van der Waals surface area contributed by atoms with E-state index in [0.29, 0.717) is 17.5 Å². The zero-order valence-electron chi connectivity index (χ0n) is 8.83. The van der Waals surface area contributed by atoms with Gasteiger partial charge in [-0.15, -0.1) is 0 Å². The summed E-state index contributed by atoms with van der Waals surface area (Å²) in [5, 5.41) is 0. The van der Waals surface area contributed by atoms with E-state index in [-0.39, 0.29) is 18.0 Å². The van der Waals surface area contributed by atoms with E-state index in [1.165, 1.54) is 25.3 Å². The number of Topliss-reactive ketones (excluding diaryl/α,β-unsaturated/α-hetero) is 1. The summed E-state index contributed by atoms with van der Waals surface area (Å²) in [6.07, 6.45) is 0.479. The highest BCUT2D eigenvalue weighted by atomic mass is 19.1. The second-order valence-electron chi connectivity index (χ2n) is 3.85. The van der Waals surface area contributed by atoms with Crippen LogP contribution in [0.15, 0.2) is 18.2 Å². The predicted octanol–water partition coefficient (Wildman–Crippen LogP) is 1.74. The Morgan fingerprint density at radius 1 is 1.56 bits per heavy atom. The van der Waals surface area contributed by atoms with Gasteiger partial charge in [0.05, 0.1) is 13.5 Å². The molecule has 84 valence electrons. The predicted molar refractivity (Wildman–Crippen MR) is 54.6 cm³/mol. The highest BCUT2D eigenvalue weighted by Crippen LogP contribution is 2.29. The molecule has 1 aliphatic rings. The molecule has 16 heavy (non-hydrogen) atoms. The van der Waals surface area contributed by atoms with Crippen molar-refractivity contribution in [2.75, 3.05) is 7.11 Å². The van der Waals surface area contributed by atoms with Gasteiger partial charge in [0.2, 0.25) is 0 Å². The van der Waals surface area contributed by atoms with Crippen LogP contribution in [-0.4, -0.2) is 18.9 Å². The fourth-order valence-electron chi connectivity index (χ4n) is 2.00. The van der Waals surface area contributed by atoms with E-state index >= 15 is 0 Å². The molecule has 0 spiro atoms. The monoisotopic (exact) mass is 222 g/mol. The molecule has 1 aromatic rings. The Kier molecular flexibility index (Phi) is 2.73. The zero-order chi connectivity index (χ0) is 11.7. The first kappa shape index (κ1) is 10.8. The average Bonchev–Trinajstić information content (AvgIpc) is 2.55. The van der Waals surface area contributed by atoms with E-state index in [1.807, 2.05) is 0 Å². The van der Waals surface area contributed by atoms with E-state index in [4.69, 9.17) is 0 Å². The molecule has 0 aliphatic heterocycles. The fraction of sp³-hybridized carbons (Fsp3) is 0.333. The lowest BCUT2D eigenvalue weighted by molar-refractivity contribution is -0.141. The van der Waals surface area contributed by atoms with Crippen molar-refractivity contribution in [2.24, 2.45) is 5.92 Å². The second kappa shape index (κ2) is 4.04. The van der Waals surface area contributed by atoms with Crippen LogP contribution in [0.25, 0.3) is 0 Å². The van der Waals surface area contributed by atoms with Gasteiger partial charge in [-0.1, -0.05) is 0 Å². The van der Waals surface area contributed by atoms with Crippen molar-refractivity contribution in [3.05, 3.63) is 35.1 Å². The summed E-state index contributed by atoms with van der Waals surface area (Å²) in [7, 11) is 1.29. The molecular weight excluding hydrogens is 211 g/mol. The lowest BCUT2D eigenvalue weighted by Gasteiger charge is -2.04. The van der Waals surface area contributed by atoms with Gasteiger partial charge in [0, 0.05) is 11.5 Å². The smallest absolute Gasteiger partial charge is 0.306 e. The number of esters is 1. The van der Waals surface area contributed by atoms with Gasteiger partial charge in [-0.3, -0.25) is 9.59 Å². The molecular formula is C12H11FO3. The maximum absolute atomic E-state index is 12.9. The third kappa shape index (κ3) is 1.83. The summed E-state index contributed by atoms with van der Waals surface area (Å²) in [5.41, 5.74) is 1.20. The minimum Gasteiger partial charge on any atom is -0.469 e. The van der Waals surface area contributed by atoms with Crippen molar-refractivity contribution in [3.8, 4) is 0 Å². The first-order valence-electron chi connectivity index (χ1n) is 5.01. The van der Waals surface area contributed by atoms with Crippen molar-refractivity contribution >= 4 is 11.8 Å². The van der Waals surface area contributed by atoms with Crippen LogP contribution in [0.2, 0.25) is 0 Å². The SMILES string of the molecule is COC(=O)C[C@@H]1Cc2cc(F)ccc2C1=O. The van der Waals surface area contributed by atoms with Crippen LogP contribution < -0.4 is 0 Å². The standard InChI is InChI=1S/C12H11FO3/c1-16-11(14)6-8-4-7-5-9(13)2-3-10(7)12(8)15/h2-3,5,8H,4,6H2,1H3/t8-/m0/s1. The quantitative estimate of drug-likeness (QED) is 0.716. The molecule has 0 saturated carbocycles. The van der Waals surface area contributed by atoms with Gasteiger partial charge in [0.25, 0.3) is 0 Å². The number of hydrogen-bond acceptors (Lipinski definition) is 3. The zero-order valence-corrected chi connectivity index (χ0v) is 8.83. The normalized spacial score (nSPS) is 18.4. The van der Waals surface area contributed by atoms with E-state index < -0.39 is 11.9 Å². The highest BCUT2D eigenvalue weighted by Gasteiger charge is 2.32. The topological polar surface area (TPSA) is 43.4 Å². The Labute approximate surface area is 92.2 Å². The first-order chi connectivity index (χ1) is 7.61. The first-order valence-corrected chi connectivity index (χ1v) is 5.01. The number of hydrogen-bond donors (Lipinski definition) is 0. The third-order valence-electron chi connectivity index (χ3n) is 2.81. The number of benzene rings is 1. The van der Waals surface area contributed by atoms with E-state index in [1.54, 1.807) is 0 Å². The number of ether oxygens (including phenoxy) is 1. The molecule has 0 unspecified atom stereocenters. The molecule has 0 N–H and O–H groups in total. The summed E-state index contributed by atoms with van der Waals surface area (Å²) < 4.78 is 17.5. The summed E-state index contributed by atoms with van der Waals surface area (Å²) in [6, 6.07) is 4.09. The molecule has 0 saturated heterocycles. The molecule has 1 aromatic carbocycles. The minimum absolute atomic E-state index is 0.0611. The maximum Gasteiger partial charge on any atom is 0.306 e. The molecule has 0 fully saturated rings. The largest absolute Gasteiger partial charge is 0.469 e. The Hall–Kier alpha value is -1.71. The van der Waals surface area contributed by atoms with Crippen LogP contribution in [0.1, 0.15) is 22.3 Å². The molecule has 1 atom stereocenters. The summed E-state index contributed by atoms with van der Waals surface area (Å²) in [4.78, 5) is 22.9. The Bertz CT molecular complexity index is 454. The molecule has 3 nitrogen and oxygen atoms in total. The number of fused-ring (bicyclic) bond motifs is 1. The number of halogens is 1. The minimum atomic E-state index is -0.411. The van der Waals surface area contributed by atoms with Crippen molar-refractivity contribution in [3.63, 3.8) is 0 Å². The lowest BCUT2D eigenvalue weighted by atomic mass is 10.0. The van der Waals surface area contributed by atoms with E-state index in [2.05, 4.69) is 4.74 Å². The van der Waals surface area contributed by atoms with E-state index in [0.717, 1.165) is 0 Å². The number of rotatable bonds is 2. The lowest BCUT2D eigenvalue weighted by Crippen LogP contribution is -2.15. The molecule has 0 amide bonds. The summed E-state index contributed by atoms with van der Waals surface area (Å²) in [6.45, 7) is 0. The van der Waals surface area contributed by atoms with Gasteiger partial charge >= 0.3 is 5.97 Å². The van der Waals surface area contributed by atoms with Gasteiger partial charge in [0.15, 0.2) is 5.78 Å². The summed E-state index contributed by atoms with van der Waals surface area (Å²) >= 11 is 0. The molecule has 2 rings (SSSR count). The van der Waals surface area contributed by atoms with Gasteiger partial charge in [-0.2, -0.15) is 0 Å². The Balaban J connectivity index is 2.20. The fourth-order valence-corrected chi connectivity index (χ4v) is 2.00. The molecule has 4 heteroatoms. The van der Waals surface area contributed by atoms with Crippen LogP contribution in [0.5, 0.6) is 0 Å². The molecule has 0 radical (unpaired) electrons. The molecule has 1 aliphatic carbocycles. The molecule has 0 bridgehead atoms. The van der Waals surface area contributed by atoms with Crippen LogP contribution in [0, 0.1) is 11.7 Å². The summed E-state index contributed by atoms with van der Waals surface area (Å²) in [5.74, 6) is -1.26. The van der Waals surface area contributed by atoms with Crippen LogP contribution in [0.3, 0.4) is 0 Å². The number of ketones is 1. The van der Waals surface area contributed by atoms with Gasteiger partial charge < -0.3 is 4.74 Å². The second-order valence-corrected chi connectivity index (χ2v) is 3.85. The molecule has 0 aromatic heterocycles. The van der Waals surface area contributed by atoms with Gasteiger partial charge in [-0.05, 0) is 30.2 Å². The molecule has 0 heterocycles. The number of carbonyl (C=O) groups is 2. The average molecular weight is 222 g/mol. The van der Waals surface area contributed by atoms with Crippen LogP contribution in [0.4, 0.5) is 4.39 Å². The number of carbonyl (C=O) groups excluding carboxylic acids is 2. The van der Waals surface area contributed by atoms with E-state index in [9.17, 15) is 14.0 Å². The van der Waals surface area contributed by atoms with Crippen molar-refractivity contribution in [2.45, 2.75) is 12.8 Å². The van der Waals surface area contributed by atoms with Crippen LogP contribution in [-0.2, 0) is 16.0 Å². The van der Waals surface area contributed by atoms with Crippen LogP contribution >= 0.6 is 0 Å².